The summed E-state index contributed by atoms with van der Waals surface area (Å²) in [7, 11) is 1.61. The second-order valence-electron chi connectivity index (χ2n) is 4.78. The number of hydrogen-bond donors (Lipinski definition) is 1. The molecule has 22 heavy (non-hydrogen) atoms. The van der Waals surface area contributed by atoms with Crippen LogP contribution in [0.5, 0.6) is 5.75 Å². The Morgan fingerprint density at radius 2 is 2.18 bits per heavy atom. The fraction of sp³-hybridized carbons (Fsp3) is 0.312. The smallest absolute Gasteiger partial charge is 0.254 e. The zero-order valence-corrected chi connectivity index (χ0v) is 14.4. The molecule has 0 radical (unpaired) electrons. The van der Waals surface area contributed by atoms with Gasteiger partial charge >= 0.3 is 0 Å². The van der Waals surface area contributed by atoms with Gasteiger partial charge in [-0.05, 0) is 25.1 Å². The van der Waals surface area contributed by atoms with E-state index in [2.05, 4.69) is 31.2 Å². The van der Waals surface area contributed by atoms with E-state index in [1.54, 1.807) is 13.3 Å². The summed E-state index contributed by atoms with van der Waals surface area (Å²) in [4.78, 5) is 20.8. The second kappa shape index (κ2) is 7.35. The summed E-state index contributed by atoms with van der Waals surface area (Å²) in [5.74, 6) is 1.28. The van der Waals surface area contributed by atoms with Crippen LogP contribution in [0.4, 0.5) is 0 Å². The molecule has 2 rings (SSSR count). The number of benzene rings is 1. The zero-order valence-electron chi connectivity index (χ0n) is 12.8. The highest BCUT2D eigenvalue weighted by Crippen LogP contribution is 2.22. The number of rotatable bonds is 5. The quantitative estimate of drug-likeness (QED) is 0.886. The summed E-state index contributed by atoms with van der Waals surface area (Å²) in [6.07, 6.45) is 2.33. The van der Waals surface area contributed by atoms with Gasteiger partial charge in [0.25, 0.3) is 5.91 Å². The summed E-state index contributed by atoms with van der Waals surface area (Å²) in [6, 6.07) is 5.67. The maximum Gasteiger partial charge on any atom is 0.254 e. The first-order valence-corrected chi connectivity index (χ1v) is 7.77. The Morgan fingerprint density at radius 1 is 1.41 bits per heavy atom. The predicted octanol–water partition coefficient (Wildman–Crippen LogP) is 3.05. The van der Waals surface area contributed by atoms with Gasteiger partial charge in [0.1, 0.15) is 11.6 Å². The average Bonchev–Trinajstić information content (AvgIpc) is 2.52. The van der Waals surface area contributed by atoms with Gasteiger partial charge in [0, 0.05) is 29.2 Å². The lowest BCUT2D eigenvalue weighted by Crippen LogP contribution is -2.24. The maximum atomic E-state index is 12.3. The van der Waals surface area contributed by atoms with Crippen molar-refractivity contribution >= 4 is 21.8 Å². The van der Waals surface area contributed by atoms with E-state index in [4.69, 9.17) is 4.74 Å². The van der Waals surface area contributed by atoms with Crippen molar-refractivity contribution < 1.29 is 9.53 Å². The molecule has 0 atom stereocenters. The highest BCUT2D eigenvalue weighted by Gasteiger charge is 2.12. The van der Waals surface area contributed by atoms with Crippen LogP contribution in [0.25, 0.3) is 0 Å². The summed E-state index contributed by atoms with van der Waals surface area (Å²) < 4.78 is 6.23. The van der Waals surface area contributed by atoms with Crippen LogP contribution in [0.1, 0.15) is 34.4 Å². The minimum absolute atomic E-state index is 0.192. The second-order valence-corrected chi connectivity index (χ2v) is 5.69. The number of amides is 1. The Morgan fingerprint density at radius 3 is 2.82 bits per heavy atom. The first-order valence-electron chi connectivity index (χ1n) is 6.98. The van der Waals surface area contributed by atoms with Gasteiger partial charge in [0.2, 0.25) is 0 Å². The highest BCUT2D eigenvalue weighted by molar-refractivity contribution is 9.10. The van der Waals surface area contributed by atoms with Crippen molar-refractivity contribution in [2.45, 2.75) is 26.8 Å². The van der Waals surface area contributed by atoms with Crippen molar-refractivity contribution in [2.24, 2.45) is 0 Å². The normalized spacial score (nSPS) is 10.4. The zero-order chi connectivity index (χ0) is 16.1. The molecule has 0 unspecified atom stereocenters. The number of hydrogen-bond acceptors (Lipinski definition) is 4. The molecular weight excluding hydrogens is 346 g/mol. The summed E-state index contributed by atoms with van der Waals surface area (Å²) in [6.45, 7) is 4.17. The van der Waals surface area contributed by atoms with Crippen molar-refractivity contribution in [1.82, 2.24) is 15.3 Å². The van der Waals surface area contributed by atoms with E-state index in [1.807, 2.05) is 32.0 Å². The summed E-state index contributed by atoms with van der Waals surface area (Å²) >= 11 is 3.42. The van der Waals surface area contributed by atoms with E-state index in [9.17, 15) is 4.79 Å². The van der Waals surface area contributed by atoms with E-state index < -0.39 is 0 Å². The van der Waals surface area contributed by atoms with Gasteiger partial charge in [-0.3, -0.25) is 4.79 Å². The van der Waals surface area contributed by atoms with Gasteiger partial charge in [0.05, 0.1) is 18.4 Å². The van der Waals surface area contributed by atoms with Gasteiger partial charge in [-0.25, -0.2) is 9.97 Å². The number of aryl methyl sites for hydroxylation is 2. The molecule has 1 heterocycles. The molecule has 0 aliphatic rings. The molecule has 1 aromatic heterocycles. The largest absolute Gasteiger partial charge is 0.496 e. The van der Waals surface area contributed by atoms with E-state index in [0.29, 0.717) is 17.8 Å². The highest BCUT2D eigenvalue weighted by atomic mass is 79.9. The van der Waals surface area contributed by atoms with Gasteiger partial charge in [-0.1, -0.05) is 22.9 Å². The molecule has 0 aliphatic heterocycles. The standard InChI is InChI=1S/C16H18BrN3O2/c1-4-15-18-9-13(10(2)20-15)16(21)19-8-11-7-12(17)5-6-14(11)22-3/h5-7,9H,4,8H2,1-3H3,(H,19,21). The van der Waals surface area contributed by atoms with Crippen LogP contribution < -0.4 is 10.1 Å². The number of aromatic nitrogens is 2. The topological polar surface area (TPSA) is 64.1 Å². The van der Waals surface area contributed by atoms with Gasteiger partial charge < -0.3 is 10.1 Å². The van der Waals surface area contributed by atoms with Gasteiger partial charge in [-0.15, -0.1) is 0 Å². The fourth-order valence-corrected chi connectivity index (χ4v) is 2.47. The molecule has 1 aromatic carbocycles. The molecule has 0 bridgehead atoms. The first kappa shape index (κ1) is 16.4. The lowest BCUT2D eigenvalue weighted by Gasteiger charge is -2.11. The van der Waals surface area contributed by atoms with Crippen molar-refractivity contribution in [3.63, 3.8) is 0 Å². The van der Waals surface area contributed by atoms with Gasteiger partial charge in [0.15, 0.2) is 0 Å². The van der Waals surface area contributed by atoms with Gasteiger partial charge in [-0.2, -0.15) is 0 Å². The molecule has 0 spiro atoms. The number of methoxy groups -OCH3 is 1. The van der Waals surface area contributed by atoms with Crippen LogP contribution >= 0.6 is 15.9 Å². The molecule has 0 saturated carbocycles. The van der Waals surface area contributed by atoms with Crippen molar-refractivity contribution in [3.05, 3.63) is 51.5 Å². The molecule has 0 saturated heterocycles. The number of carbonyl (C=O) groups excluding carboxylic acids is 1. The SMILES string of the molecule is CCc1ncc(C(=O)NCc2cc(Br)ccc2OC)c(C)n1. The molecule has 2 aromatic rings. The van der Waals surface area contributed by atoms with Crippen molar-refractivity contribution in [2.75, 3.05) is 7.11 Å². The first-order chi connectivity index (χ1) is 10.5. The van der Waals surface area contributed by atoms with Crippen LogP contribution in [0, 0.1) is 6.92 Å². The van der Waals surface area contributed by atoms with Crippen LogP contribution in [-0.4, -0.2) is 23.0 Å². The number of ether oxygens (including phenoxy) is 1. The minimum Gasteiger partial charge on any atom is -0.496 e. The van der Waals surface area contributed by atoms with Crippen LogP contribution in [0.2, 0.25) is 0 Å². The average molecular weight is 364 g/mol. The third-order valence-corrected chi connectivity index (χ3v) is 3.77. The number of nitrogens with one attached hydrogen (secondary N) is 1. The molecule has 5 nitrogen and oxygen atoms in total. The van der Waals surface area contributed by atoms with Crippen LogP contribution in [-0.2, 0) is 13.0 Å². The van der Waals surface area contributed by atoms with Crippen LogP contribution in [0.3, 0.4) is 0 Å². The molecule has 1 N–H and O–H groups in total. The third-order valence-electron chi connectivity index (χ3n) is 3.27. The van der Waals surface area contributed by atoms with Crippen molar-refractivity contribution in [3.8, 4) is 5.75 Å². The lowest BCUT2D eigenvalue weighted by molar-refractivity contribution is 0.0949. The summed E-state index contributed by atoms with van der Waals surface area (Å²) in [5.41, 5.74) is 2.07. The monoisotopic (exact) mass is 363 g/mol. The molecule has 116 valence electrons. The number of nitrogens with zero attached hydrogens (tertiary/aromatic N) is 2. The molecule has 0 fully saturated rings. The number of carbonyl (C=O) groups is 1. The maximum absolute atomic E-state index is 12.3. The summed E-state index contributed by atoms with van der Waals surface area (Å²) in [5, 5.41) is 2.88. The fourth-order valence-electron chi connectivity index (χ4n) is 2.06. The Bertz CT molecular complexity index is 689. The van der Waals surface area contributed by atoms with E-state index in [0.717, 1.165) is 28.0 Å². The molecule has 6 heteroatoms. The van der Waals surface area contributed by atoms with Crippen molar-refractivity contribution in [1.29, 1.82) is 0 Å². The number of halogens is 1. The van der Waals surface area contributed by atoms with E-state index in [-0.39, 0.29) is 5.91 Å². The predicted molar refractivity (Wildman–Crippen MR) is 88.0 cm³/mol. The molecular formula is C16H18BrN3O2. The Balaban J connectivity index is 2.12. The third kappa shape index (κ3) is 3.82. The molecule has 0 aliphatic carbocycles. The Kier molecular flexibility index (Phi) is 5.49. The Hall–Kier alpha value is -1.95. The Labute approximate surface area is 138 Å². The van der Waals surface area contributed by atoms with E-state index in [1.165, 1.54) is 0 Å². The van der Waals surface area contributed by atoms with Crippen LogP contribution in [0.15, 0.2) is 28.9 Å². The molecule has 1 amide bonds. The lowest BCUT2D eigenvalue weighted by atomic mass is 10.2. The minimum atomic E-state index is -0.192. The van der Waals surface area contributed by atoms with E-state index >= 15 is 0 Å².